The highest BCUT2D eigenvalue weighted by Crippen LogP contribution is 2.22. The highest BCUT2D eigenvalue weighted by atomic mass is 79.9. The summed E-state index contributed by atoms with van der Waals surface area (Å²) in [5.74, 6) is 0.944. The van der Waals surface area contributed by atoms with Gasteiger partial charge in [-0.25, -0.2) is 4.98 Å². The Morgan fingerprint density at radius 1 is 1.59 bits per heavy atom. The van der Waals surface area contributed by atoms with Crippen molar-refractivity contribution in [1.82, 2.24) is 4.98 Å². The van der Waals surface area contributed by atoms with Crippen molar-refractivity contribution in [2.45, 2.75) is 26.1 Å². The van der Waals surface area contributed by atoms with E-state index in [4.69, 9.17) is 4.74 Å². The zero-order valence-electron chi connectivity index (χ0n) is 10.1. The molecule has 4 nitrogen and oxygen atoms in total. The van der Waals surface area contributed by atoms with Gasteiger partial charge in [-0.2, -0.15) is 0 Å². The van der Waals surface area contributed by atoms with Crippen LogP contribution in [0.3, 0.4) is 0 Å². The van der Waals surface area contributed by atoms with Crippen molar-refractivity contribution in [3.8, 4) is 0 Å². The minimum atomic E-state index is -0.121. The van der Waals surface area contributed by atoms with Gasteiger partial charge in [0.1, 0.15) is 5.82 Å². The van der Waals surface area contributed by atoms with E-state index in [1.165, 1.54) is 0 Å². The van der Waals surface area contributed by atoms with Gasteiger partial charge in [0.25, 0.3) is 0 Å². The first kappa shape index (κ1) is 12.8. The Morgan fingerprint density at radius 3 is 3.00 bits per heavy atom. The molecule has 5 heteroatoms. The minimum absolute atomic E-state index is 0.0519. The summed E-state index contributed by atoms with van der Waals surface area (Å²) in [4.78, 5) is 6.57. The number of nitrogens with zero attached hydrogens (tertiary/aromatic N) is 2. The molecule has 94 valence electrons. The summed E-state index contributed by atoms with van der Waals surface area (Å²) in [6.07, 6.45) is 1.81. The lowest BCUT2D eigenvalue weighted by Crippen LogP contribution is -2.48. The maximum Gasteiger partial charge on any atom is 0.128 e. The predicted molar refractivity (Wildman–Crippen MR) is 70.3 cm³/mol. The number of hydrogen-bond donors (Lipinski definition) is 1. The molecule has 1 fully saturated rings. The number of aliphatic hydroxyl groups excluding tert-OH is 1. The van der Waals surface area contributed by atoms with Crippen molar-refractivity contribution in [2.75, 3.05) is 24.6 Å². The van der Waals surface area contributed by atoms with Crippen LogP contribution >= 0.6 is 15.9 Å². The molecule has 2 unspecified atom stereocenters. The van der Waals surface area contributed by atoms with Gasteiger partial charge in [-0.15, -0.1) is 0 Å². The van der Waals surface area contributed by atoms with E-state index >= 15 is 0 Å². The molecule has 2 heterocycles. The van der Waals surface area contributed by atoms with Crippen molar-refractivity contribution in [1.29, 1.82) is 0 Å². The number of hydrogen-bond acceptors (Lipinski definition) is 4. The number of aryl methyl sites for hydroxylation is 1. The molecule has 0 bridgehead atoms. The fraction of sp³-hybridized carbons (Fsp3) is 0.583. The molecule has 0 amide bonds. The molecule has 2 rings (SSSR count). The van der Waals surface area contributed by atoms with Crippen LogP contribution in [0.5, 0.6) is 0 Å². The second-order valence-electron chi connectivity index (χ2n) is 4.45. The number of pyridine rings is 1. The minimum Gasteiger partial charge on any atom is -0.394 e. The highest BCUT2D eigenvalue weighted by molar-refractivity contribution is 9.10. The highest BCUT2D eigenvalue weighted by Gasteiger charge is 2.25. The summed E-state index contributed by atoms with van der Waals surface area (Å²) in [7, 11) is 0. The molecular weight excluding hydrogens is 284 g/mol. The van der Waals surface area contributed by atoms with Crippen molar-refractivity contribution in [2.24, 2.45) is 0 Å². The number of rotatable bonds is 2. The van der Waals surface area contributed by atoms with E-state index in [9.17, 15) is 5.11 Å². The molecule has 0 spiro atoms. The first-order valence-electron chi connectivity index (χ1n) is 5.73. The normalized spacial score (nSPS) is 25.1. The topological polar surface area (TPSA) is 45.6 Å². The lowest BCUT2D eigenvalue weighted by atomic mass is 10.2. The van der Waals surface area contributed by atoms with Gasteiger partial charge in [0.05, 0.1) is 18.8 Å². The van der Waals surface area contributed by atoms with Crippen LogP contribution in [-0.4, -0.2) is 42.0 Å². The maximum absolute atomic E-state index is 9.19. The summed E-state index contributed by atoms with van der Waals surface area (Å²) in [6, 6.07) is 2.05. The zero-order valence-corrected chi connectivity index (χ0v) is 11.6. The number of morpholine rings is 1. The van der Waals surface area contributed by atoms with E-state index in [-0.39, 0.29) is 18.8 Å². The summed E-state index contributed by atoms with van der Waals surface area (Å²) in [5.41, 5.74) is 1.16. The van der Waals surface area contributed by atoms with Crippen molar-refractivity contribution < 1.29 is 9.84 Å². The predicted octanol–water partition coefficient (Wildman–Crippen LogP) is 1.74. The second kappa shape index (κ2) is 5.33. The van der Waals surface area contributed by atoms with Crippen LogP contribution in [0.25, 0.3) is 0 Å². The molecule has 2 atom stereocenters. The van der Waals surface area contributed by atoms with E-state index in [1.807, 2.05) is 20.0 Å². The van der Waals surface area contributed by atoms with E-state index in [0.717, 1.165) is 22.4 Å². The molecule has 1 aliphatic heterocycles. The van der Waals surface area contributed by atoms with Crippen molar-refractivity contribution >= 4 is 21.7 Å². The number of aromatic nitrogens is 1. The Bertz CT molecular complexity index is 400. The van der Waals surface area contributed by atoms with E-state index in [1.54, 1.807) is 0 Å². The van der Waals surface area contributed by atoms with Crippen LogP contribution in [0.15, 0.2) is 16.7 Å². The van der Waals surface area contributed by atoms with Crippen LogP contribution in [0.2, 0.25) is 0 Å². The fourth-order valence-electron chi connectivity index (χ4n) is 2.03. The molecule has 0 aromatic carbocycles. The standard InChI is InChI=1S/C12H17BrN2O2/c1-8-3-12(14-4-11(8)13)15-5-9(2)17-10(6-15)7-16/h3-4,9-10,16H,5-7H2,1-2H3. The average molecular weight is 301 g/mol. The third kappa shape index (κ3) is 2.97. The van der Waals surface area contributed by atoms with E-state index < -0.39 is 0 Å². The Hall–Kier alpha value is -0.650. The summed E-state index contributed by atoms with van der Waals surface area (Å²) < 4.78 is 6.63. The first-order valence-corrected chi connectivity index (χ1v) is 6.53. The Labute approximate surface area is 110 Å². The Kier molecular flexibility index (Phi) is 4.01. The molecule has 17 heavy (non-hydrogen) atoms. The summed E-state index contributed by atoms with van der Waals surface area (Å²) >= 11 is 3.45. The smallest absolute Gasteiger partial charge is 0.128 e. The van der Waals surface area contributed by atoms with Gasteiger partial charge in [0.15, 0.2) is 0 Å². The third-order valence-corrected chi connectivity index (χ3v) is 3.72. The lowest BCUT2D eigenvalue weighted by molar-refractivity contribution is -0.0423. The first-order chi connectivity index (χ1) is 8.10. The quantitative estimate of drug-likeness (QED) is 0.904. The molecular formula is C12H17BrN2O2. The van der Waals surface area contributed by atoms with Gasteiger partial charge in [0.2, 0.25) is 0 Å². The van der Waals surface area contributed by atoms with Gasteiger partial charge < -0.3 is 14.7 Å². The van der Waals surface area contributed by atoms with Gasteiger partial charge in [-0.1, -0.05) is 0 Å². The molecule has 1 saturated heterocycles. The van der Waals surface area contributed by atoms with Gasteiger partial charge in [-0.3, -0.25) is 0 Å². The molecule has 0 radical (unpaired) electrons. The number of ether oxygens (including phenoxy) is 1. The average Bonchev–Trinajstić information content (AvgIpc) is 2.32. The molecule has 1 N–H and O–H groups in total. The molecule has 0 aliphatic carbocycles. The van der Waals surface area contributed by atoms with Crippen LogP contribution in [0, 0.1) is 6.92 Å². The van der Waals surface area contributed by atoms with Crippen LogP contribution in [-0.2, 0) is 4.74 Å². The van der Waals surface area contributed by atoms with E-state index in [2.05, 4.69) is 31.9 Å². The van der Waals surface area contributed by atoms with Crippen molar-refractivity contribution in [3.63, 3.8) is 0 Å². The van der Waals surface area contributed by atoms with Crippen LogP contribution in [0.4, 0.5) is 5.82 Å². The maximum atomic E-state index is 9.19. The molecule has 1 aromatic heterocycles. The monoisotopic (exact) mass is 300 g/mol. The number of halogens is 1. The van der Waals surface area contributed by atoms with Crippen LogP contribution < -0.4 is 4.90 Å². The molecule has 0 saturated carbocycles. The number of anilines is 1. The van der Waals surface area contributed by atoms with Crippen molar-refractivity contribution in [3.05, 3.63) is 22.3 Å². The van der Waals surface area contributed by atoms with E-state index in [0.29, 0.717) is 6.54 Å². The third-order valence-electron chi connectivity index (χ3n) is 2.89. The molecule has 1 aliphatic rings. The van der Waals surface area contributed by atoms with Gasteiger partial charge in [-0.05, 0) is 41.4 Å². The van der Waals surface area contributed by atoms with Gasteiger partial charge >= 0.3 is 0 Å². The molecule has 1 aromatic rings. The fourth-order valence-corrected chi connectivity index (χ4v) is 2.25. The second-order valence-corrected chi connectivity index (χ2v) is 5.30. The largest absolute Gasteiger partial charge is 0.394 e. The zero-order chi connectivity index (χ0) is 12.4. The summed E-state index contributed by atoms with van der Waals surface area (Å²) in [6.45, 7) is 5.61. The van der Waals surface area contributed by atoms with Gasteiger partial charge in [0, 0.05) is 23.8 Å². The van der Waals surface area contributed by atoms with Crippen LogP contribution in [0.1, 0.15) is 12.5 Å². The summed E-state index contributed by atoms with van der Waals surface area (Å²) in [5, 5.41) is 9.19. The number of aliphatic hydroxyl groups is 1. The lowest BCUT2D eigenvalue weighted by Gasteiger charge is -2.36. The SMILES string of the molecule is Cc1cc(N2CC(C)OC(CO)C2)ncc1Br. The Balaban J connectivity index is 2.17. The Morgan fingerprint density at radius 2 is 2.35 bits per heavy atom.